The van der Waals surface area contributed by atoms with Crippen LogP contribution in [0.2, 0.25) is 6.32 Å². The molecule has 3 nitrogen and oxygen atoms in total. The molecule has 0 amide bonds. The van der Waals surface area contributed by atoms with Crippen LogP contribution in [0.5, 0.6) is 0 Å². The van der Waals surface area contributed by atoms with E-state index < -0.39 is 6.75 Å². The third-order valence-electron chi connectivity index (χ3n) is 1.53. The Morgan fingerprint density at radius 3 is 1.70 bits per heavy atom. The van der Waals surface area contributed by atoms with Crippen molar-refractivity contribution >= 4 is 6.75 Å². The zero-order valence-electron chi connectivity index (χ0n) is 6.79. The highest BCUT2D eigenvalue weighted by atomic mass is 16.7. The first-order valence-corrected chi connectivity index (χ1v) is 3.16. The lowest BCUT2D eigenvalue weighted by molar-refractivity contribution is 0.127. The molecule has 0 saturated heterocycles. The van der Waals surface area contributed by atoms with Gasteiger partial charge in [-0.15, -0.1) is 12.7 Å². The Bertz CT molecular complexity index is 92.9. The minimum absolute atomic E-state index is 0.573. The molecule has 0 atom stereocenters. The van der Waals surface area contributed by atoms with Gasteiger partial charge in [0.2, 0.25) is 0 Å². The Labute approximate surface area is 62.0 Å². The molecule has 0 unspecified atom stereocenters. The van der Waals surface area contributed by atoms with Gasteiger partial charge in [0.25, 0.3) is 0 Å². The second kappa shape index (κ2) is 4.49. The normalized spacial score (nSPS) is 11.5. The fraction of sp³-hybridized carbons (Fsp3) is 0.667. The average molecular weight is 145 g/mol. The third kappa shape index (κ3) is 2.13. The van der Waals surface area contributed by atoms with Crippen LogP contribution >= 0.6 is 0 Å². The molecule has 0 radical (unpaired) electrons. The highest BCUT2D eigenvalue weighted by molar-refractivity contribution is 6.61. The Hall–Kier alpha value is -0.315. The maximum atomic E-state index is 5.02. The molecule has 0 heterocycles. The molecule has 0 aliphatic carbocycles. The van der Waals surface area contributed by atoms with E-state index in [-0.39, 0.29) is 0 Å². The first kappa shape index (κ1) is 9.68. The number of hydrogen-bond donors (Lipinski definition) is 0. The largest absolute Gasteiger partial charge is 0.547 e. The van der Waals surface area contributed by atoms with Gasteiger partial charge < -0.3 is 14.0 Å². The van der Waals surface area contributed by atoms with Gasteiger partial charge in [-0.05, 0) is 21.3 Å². The molecule has 60 valence electrons. The molecule has 0 rings (SSSR count). The summed E-state index contributed by atoms with van der Waals surface area (Å²) >= 11 is 0. The van der Waals surface area contributed by atoms with Gasteiger partial charge in [0.15, 0.2) is 0 Å². The zero-order valence-corrected chi connectivity index (χ0v) is 6.79. The Balaban J connectivity index is 4.00. The van der Waals surface area contributed by atoms with E-state index in [1.807, 2.05) is 0 Å². The van der Waals surface area contributed by atoms with Crippen LogP contribution in [0.1, 0.15) is 0 Å². The molecule has 0 aliphatic rings. The minimum Gasteiger partial charge on any atom is -0.547 e. The summed E-state index contributed by atoms with van der Waals surface area (Å²) in [6.45, 7) is 2.00. The first-order valence-electron chi connectivity index (χ1n) is 3.16. The van der Waals surface area contributed by atoms with Crippen molar-refractivity contribution in [3.05, 3.63) is 12.7 Å². The van der Waals surface area contributed by atoms with Crippen LogP contribution in [0.3, 0.4) is 0 Å². The minimum atomic E-state index is -1.57. The van der Waals surface area contributed by atoms with Gasteiger partial charge in [0.05, 0.1) is 0 Å². The van der Waals surface area contributed by atoms with Gasteiger partial charge in [-0.1, -0.05) is 6.32 Å². The molecule has 0 aromatic rings. The van der Waals surface area contributed by atoms with Crippen molar-refractivity contribution in [2.24, 2.45) is 0 Å². The van der Waals surface area contributed by atoms with Crippen molar-refractivity contribution in [3.63, 3.8) is 0 Å². The van der Waals surface area contributed by atoms with Gasteiger partial charge in [-0.2, -0.15) is 0 Å². The van der Waals surface area contributed by atoms with Crippen LogP contribution in [0.25, 0.3) is 0 Å². The van der Waals surface area contributed by atoms with Crippen molar-refractivity contribution in [1.29, 1.82) is 0 Å². The van der Waals surface area contributed by atoms with Crippen molar-refractivity contribution in [3.8, 4) is 0 Å². The van der Waals surface area contributed by atoms with Crippen LogP contribution in [0.15, 0.2) is 12.7 Å². The highest BCUT2D eigenvalue weighted by Crippen LogP contribution is 2.11. The van der Waals surface area contributed by atoms with Crippen LogP contribution in [-0.2, 0) is 14.0 Å². The number of allylic oxidation sites excluding steroid dienone is 1. The summed E-state index contributed by atoms with van der Waals surface area (Å²) in [5.74, 6) is 0. The smallest absolute Gasteiger partial charge is 0.382 e. The fourth-order valence-corrected chi connectivity index (χ4v) is 0.781. The average Bonchev–Trinajstić information content (AvgIpc) is 2.01. The van der Waals surface area contributed by atoms with Crippen LogP contribution in [0.4, 0.5) is 0 Å². The second-order valence-corrected chi connectivity index (χ2v) is 2.02. The van der Waals surface area contributed by atoms with E-state index in [0.29, 0.717) is 6.32 Å². The summed E-state index contributed by atoms with van der Waals surface area (Å²) in [5.41, 5.74) is 0. The maximum Gasteiger partial charge on any atom is 0.382 e. The topological polar surface area (TPSA) is 27.7 Å². The summed E-state index contributed by atoms with van der Waals surface area (Å²) in [6, 6.07) is 0. The van der Waals surface area contributed by atoms with Crippen molar-refractivity contribution in [2.75, 3.05) is 21.3 Å². The van der Waals surface area contributed by atoms with Crippen LogP contribution in [0, 0.1) is 0 Å². The SMILES string of the molecule is C=CC[B-](OC)(OC)OC. The van der Waals surface area contributed by atoms with Gasteiger partial charge in [0, 0.05) is 0 Å². The van der Waals surface area contributed by atoms with Crippen molar-refractivity contribution in [1.82, 2.24) is 0 Å². The second-order valence-electron chi connectivity index (χ2n) is 2.02. The lowest BCUT2D eigenvalue weighted by Crippen LogP contribution is -2.41. The van der Waals surface area contributed by atoms with Crippen molar-refractivity contribution < 1.29 is 14.0 Å². The van der Waals surface area contributed by atoms with E-state index in [4.69, 9.17) is 14.0 Å². The lowest BCUT2D eigenvalue weighted by atomic mass is 9.74. The van der Waals surface area contributed by atoms with Crippen LogP contribution in [-0.4, -0.2) is 28.1 Å². The molecule has 0 fully saturated rings. The molecule has 0 N–H and O–H groups in total. The van der Waals surface area contributed by atoms with E-state index in [0.717, 1.165) is 0 Å². The number of rotatable bonds is 5. The maximum absolute atomic E-state index is 5.02. The molecule has 0 aromatic carbocycles. The molecule has 0 bridgehead atoms. The van der Waals surface area contributed by atoms with E-state index in [1.54, 1.807) is 27.4 Å². The highest BCUT2D eigenvalue weighted by Gasteiger charge is 2.22. The van der Waals surface area contributed by atoms with Gasteiger partial charge >= 0.3 is 6.75 Å². The molecular formula is C6H14BO3-. The van der Waals surface area contributed by atoms with Gasteiger partial charge in [0.1, 0.15) is 0 Å². The zero-order chi connectivity index (χ0) is 8.04. The molecule has 0 spiro atoms. The Morgan fingerprint density at radius 1 is 1.20 bits per heavy atom. The monoisotopic (exact) mass is 145 g/mol. The van der Waals surface area contributed by atoms with E-state index >= 15 is 0 Å². The molecule has 0 aromatic heterocycles. The van der Waals surface area contributed by atoms with Crippen LogP contribution < -0.4 is 0 Å². The van der Waals surface area contributed by atoms with Crippen molar-refractivity contribution in [2.45, 2.75) is 6.32 Å². The molecule has 0 saturated carbocycles. The quantitative estimate of drug-likeness (QED) is 0.427. The molecular weight excluding hydrogens is 131 g/mol. The molecule has 4 heteroatoms. The Kier molecular flexibility index (Phi) is 4.35. The lowest BCUT2D eigenvalue weighted by Gasteiger charge is -2.35. The summed E-state index contributed by atoms with van der Waals surface area (Å²) in [4.78, 5) is 0. The fourth-order valence-electron chi connectivity index (χ4n) is 0.781. The van der Waals surface area contributed by atoms with E-state index in [1.165, 1.54) is 0 Å². The predicted octanol–water partition coefficient (Wildman–Crippen LogP) is 1.05. The van der Waals surface area contributed by atoms with Gasteiger partial charge in [-0.3, -0.25) is 0 Å². The van der Waals surface area contributed by atoms with E-state index in [9.17, 15) is 0 Å². The molecule has 10 heavy (non-hydrogen) atoms. The number of hydrogen-bond acceptors (Lipinski definition) is 3. The summed E-state index contributed by atoms with van der Waals surface area (Å²) < 4.78 is 15.1. The summed E-state index contributed by atoms with van der Waals surface area (Å²) in [5, 5.41) is 0. The Morgan fingerprint density at radius 2 is 1.60 bits per heavy atom. The van der Waals surface area contributed by atoms with E-state index in [2.05, 4.69) is 6.58 Å². The standard InChI is InChI=1S/C6H14BO3/c1-5-6-7(8-2,9-3)10-4/h5H,1,6H2,2-4H3/q-1. The van der Waals surface area contributed by atoms with Gasteiger partial charge in [-0.25, -0.2) is 0 Å². The first-order chi connectivity index (χ1) is 4.74. The predicted molar refractivity (Wildman–Crippen MR) is 41.8 cm³/mol. The molecule has 0 aliphatic heterocycles. The summed E-state index contributed by atoms with van der Waals surface area (Å²) in [6.07, 6.45) is 2.28. The summed E-state index contributed by atoms with van der Waals surface area (Å²) in [7, 11) is 4.66. The third-order valence-corrected chi connectivity index (χ3v) is 1.53.